The van der Waals surface area contributed by atoms with Crippen LogP contribution in [-0.4, -0.2) is 9.97 Å². The SMILES string of the molecule is Brc1cncc(Sc2ccccc2)c1.C.Fc1cncc(Br)c1.[Na+].[S-]c1ccccc1. The van der Waals surface area contributed by atoms with E-state index >= 15 is 0 Å². The molecule has 0 radical (unpaired) electrons. The molecule has 156 valence electrons. The van der Waals surface area contributed by atoms with Crippen molar-refractivity contribution >= 4 is 56.3 Å². The van der Waals surface area contributed by atoms with Crippen molar-refractivity contribution < 1.29 is 33.9 Å². The van der Waals surface area contributed by atoms with Crippen LogP contribution in [0.1, 0.15) is 7.43 Å². The van der Waals surface area contributed by atoms with Crippen LogP contribution in [0.4, 0.5) is 4.39 Å². The first-order valence-corrected chi connectivity index (χ1v) is 11.2. The molecule has 2 nitrogen and oxygen atoms in total. The summed E-state index contributed by atoms with van der Waals surface area (Å²) < 4.78 is 13.8. The van der Waals surface area contributed by atoms with Gasteiger partial charge in [0.05, 0.1) is 6.20 Å². The fourth-order valence-corrected chi connectivity index (χ4v) is 3.75. The molecule has 0 spiro atoms. The van der Waals surface area contributed by atoms with E-state index in [4.69, 9.17) is 12.6 Å². The predicted octanol–water partition coefficient (Wildman–Crippen LogP) is 5.21. The van der Waals surface area contributed by atoms with E-state index in [0.29, 0.717) is 4.47 Å². The summed E-state index contributed by atoms with van der Waals surface area (Å²) in [6.07, 6.45) is 6.34. The molecule has 0 aliphatic rings. The average Bonchev–Trinajstić information content (AvgIpc) is 2.70. The number of nitrogens with zero attached hydrogens (tertiary/aromatic N) is 2. The Labute approximate surface area is 232 Å². The van der Waals surface area contributed by atoms with Gasteiger partial charge in [0.2, 0.25) is 0 Å². The summed E-state index contributed by atoms with van der Waals surface area (Å²) in [5, 5.41) is 0. The third kappa shape index (κ3) is 14.1. The third-order valence-corrected chi connectivity index (χ3v) is 5.18. The molecule has 0 amide bonds. The largest absolute Gasteiger partial charge is 1.00 e. The number of hydrogen-bond donors (Lipinski definition) is 0. The second-order valence-electron chi connectivity index (χ2n) is 5.39. The Hall–Kier alpha value is -0.800. The molecule has 31 heavy (non-hydrogen) atoms. The third-order valence-electron chi connectivity index (χ3n) is 3.07. The zero-order chi connectivity index (χ0) is 20.9. The second-order valence-corrected chi connectivity index (χ2v) is 8.84. The van der Waals surface area contributed by atoms with Crippen molar-refractivity contribution in [1.29, 1.82) is 0 Å². The topological polar surface area (TPSA) is 25.8 Å². The van der Waals surface area contributed by atoms with Gasteiger partial charge in [-0.1, -0.05) is 67.7 Å². The Morgan fingerprint density at radius 3 is 1.65 bits per heavy atom. The first kappa shape index (κ1) is 30.2. The van der Waals surface area contributed by atoms with Crippen molar-refractivity contribution in [3.63, 3.8) is 0 Å². The van der Waals surface area contributed by atoms with Crippen LogP contribution in [0.5, 0.6) is 0 Å². The molecule has 8 heteroatoms. The van der Waals surface area contributed by atoms with E-state index in [-0.39, 0.29) is 42.8 Å². The first-order valence-electron chi connectivity index (χ1n) is 8.34. The van der Waals surface area contributed by atoms with E-state index in [0.717, 1.165) is 20.5 Å². The summed E-state index contributed by atoms with van der Waals surface area (Å²) in [6, 6.07) is 23.3. The van der Waals surface area contributed by atoms with Crippen molar-refractivity contribution in [2.45, 2.75) is 22.1 Å². The second kappa shape index (κ2) is 17.7. The molecule has 2 aromatic heterocycles. The molecule has 0 saturated carbocycles. The fourth-order valence-electron chi connectivity index (χ4n) is 1.88. The standard InChI is InChI=1S/C11H8BrNS.C6H6S.C5H3BrFN.CH4.Na/c12-9-6-11(8-13-7-9)14-10-4-2-1-3-5-10;7-6-4-2-1-3-5-6;6-4-1-5(7)3-8-2-4;;/h1-8H;1-5,7H;1-3H;1H4;/q;;;;+1/p-1. The van der Waals surface area contributed by atoms with Gasteiger partial charge in [-0.3, -0.25) is 9.97 Å². The van der Waals surface area contributed by atoms with Crippen LogP contribution < -0.4 is 29.6 Å². The molecule has 0 fully saturated rings. The van der Waals surface area contributed by atoms with E-state index in [1.54, 1.807) is 18.0 Å². The zero-order valence-corrected chi connectivity index (χ0v) is 22.9. The summed E-state index contributed by atoms with van der Waals surface area (Å²) in [5.74, 6) is -0.320. The van der Waals surface area contributed by atoms with Crippen molar-refractivity contribution in [3.05, 3.63) is 112 Å². The van der Waals surface area contributed by atoms with Gasteiger partial charge in [0.25, 0.3) is 0 Å². The van der Waals surface area contributed by atoms with Crippen LogP contribution >= 0.6 is 43.6 Å². The maximum Gasteiger partial charge on any atom is 1.00 e. The normalized spacial score (nSPS) is 8.87. The average molecular weight is 590 g/mol. The molecule has 0 N–H and O–H groups in total. The minimum atomic E-state index is -0.320. The fraction of sp³-hybridized carbons (Fsp3) is 0.0435. The van der Waals surface area contributed by atoms with Crippen molar-refractivity contribution in [3.8, 4) is 0 Å². The Kier molecular flexibility index (Phi) is 17.3. The molecule has 0 aliphatic carbocycles. The number of aromatic nitrogens is 2. The number of rotatable bonds is 2. The van der Waals surface area contributed by atoms with Crippen LogP contribution in [-0.2, 0) is 12.6 Å². The van der Waals surface area contributed by atoms with E-state index < -0.39 is 0 Å². The quantitative estimate of drug-likeness (QED) is 0.237. The molecular formula is C23H20Br2FN2NaS2. The van der Waals surface area contributed by atoms with Crippen molar-refractivity contribution in [2.24, 2.45) is 0 Å². The molecule has 4 rings (SSSR count). The molecule has 0 unspecified atom stereocenters. The Morgan fingerprint density at radius 1 is 0.710 bits per heavy atom. The van der Waals surface area contributed by atoms with Crippen LogP contribution in [0.15, 0.2) is 121 Å². The molecule has 2 aromatic carbocycles. The van der Waals surface area contributed by atoms with Crippen molar-refractivity contribution in [2.75, 3.05) is 0 Å². The number of benzene rings is 2. The van der Waals surface area contributed by atoms with Gasteiger partial charge < -0.3 is 12.6 Å². The van der Waals surface area contributed by atoms with Crippen molar-refractivity contribution in [1.82, 2.24) is 9.97 Å². The van der Waals surface area contributed by atoms with E-state index in [1.807, 2.05) is 54.7 Å². The van der Waals surface area contributed by atoms with Crippen LogP contribution in [0.2, 0.25) is 0 Å². The number of hydrogen-bond acceptors (Lipinski definition) is 4. The number of pyridine rings is 2. The maximum atomic E-state index is 12.1. The summed E-state index contributed by atoms with van der Waals surface area (Å²) >= 11 is 13.0. The maximum absolute atomic E-state index is 12.1. The Balaban J connectivity index is 0.000000457. The summed E-state index contributed by atoms with van der Waals surface area (Å²) in [4.78, 5) is 11.0. The van der Waals surface area contributed by atoms with E-state index in [9.17, 15) is 4.39 Å². The minimum Gasteiger partial charge on any atom is -0.780 e. The van der Waals surface area contributed by atoms with Gasteiger partial charge in [-0.25, -0.2) is 4.39 Å². The van der Waals surface area contributed by atoms with E-state index in [2.05, 4.69) is 60.0 Å². The number of halogens is 3. The molecule has 0 atom stereocenters. The van der Waals surface area contributed by atoms with Gasteiger partial charge >= 0.3 is 29.6 Å². The van der Waals surface area contributed by atoms with Gasteiger partial charge in [-0.2, -0.15) is 4.90 Å². The Bertz CT molecular complexity index is 979. The van der Waals surface area contributed by atoms with Crippen LogP contribution in [0, 0.1) is 5.82 Å². The zero-order valence-electron chi connectivity index (χ0n) is 16.1. The van der Waals surface area contributed by atoms with Gasteiger partial charge in [0, 0.05) is 37.3 Å². The monoisotopic (exact) mass is 588 g/mol. The Morgan fingerprint density at radius 2 is 1.23 bits per heavy atom. The smallest absolute Gasteiger partial charge is 0.780 e. The summed E-state index contributed by atoms with van der Waals surface area (Å²) in [7, 11) is 0. The van der Waals surface area contributed by atoms with Gasteiger partial charge in [0.1, 0.15) is 5.82 Å². The molecule has 0 saturated heterocycles. The first-order chi connectivity index (χ1) is 14.0. The van der Waals surface area contributed by atoms with Gasteiger partial charge in [-0.05, 0) is 56.1 Å². The molecule has 2 heterocycles. The van der Waals surface area contributed by atoms with Crippen LogP contribution in [0.25, 0.3) is 0 Å². The van der Waals surface area contributed by atoms with Crippen LogP contribution in [0.3, 0.4) is 0 Å². The summed E-state index contributed by atoms with van der Waals surface area (Å²) in [6.45, 7) is 0. The molecular weight excluding hydrogens is 570 g/mol. The van der Waals surface area contributed by atoms with Gasteiger partial charge in [0.15, 0.2) is 0 Å². The minimum absolute atomic E-state index is 0. The molecule has 0 aliphatic heterocycles. The molecule has 4 aromatic rings. The predicted molar refractivity (Wildman–Crippen MR) is 133 cm³/mol. The summed E-state index contributed by atoms with van der Waals surface area (Å²) in [5.41, 5.74) is 0. The molecule has 0 bridgehead atoms. The van der Waals surface area contributed by atoms with Gasteiger partial charge in [-0.15, -0.1) is 0 Å². The van der Waals surface area contributed by atoms with E-state index in [1.165, 1.54) is 17.2 Å².